The van der Waals surface area contributed by atoms with Gasteiger partial charge in [0.15, 0.2) is 0 Å². The first-order valence-corrected chi connectivity index (χ1v) is 13.4. The minimum Gasteiger partial charge on any atom is -0.193 e. The van der Waals surface area contributed by atoms with Crippen LogP contribution in [0.2, 0.25) is 0 Å². The van der Waals surface area contributed by atoms with Crippen LogP contribution in [0, 0.1) is 63.6 Å². The van der Waals surface area contributed by atoms with Crippen molar-refractivity contribution in [2.24, 2.45) is 52.3 Å². The van der Waals surface area contributed by atoms with Crippen LogP contribution in [-0.2, 0) is 0 Å². The Morgan fingerprint density at radius 1 is 0.967 bits per heavy atom. The van der Waals surface area contributed by atoms with Crippen molar-refractivity contribution in [2.45, 2.75) is 112 Å². The van der Waals surface area contributed by atoms with Crippen LogP contribution in [0.5, 0.6) is 0 Å². The maximum atomic E-state index is 9.54. The first kappa shape index (κ1) is 22.4. The molecule has 0 N–H and O–H groups in total. The van der Waals surface area contributed by atoms with Crippen LogP contribution < -0.4 is 0 Å². The topological polar surface area (TPSA) is 23.8 Å². The smallest absolute Gasteiger partial charge is 0.0911 e. The van der Waals surface area contributed by atoms with Crippen LogP contribution in [-0.4, -0.2) is 0 Å². The Morgan fingerprint density at radius 3 is 2.47 bits per heavy atom. The third kappa shape index (κ3) is 3.69. The lowest BCUT2D eigenvalue weighted by Gasteiger charge is -2.61. The lowest BCUT2D eigenvalue weighted by molar-refractivity contribution is -0.0940. The van der Waals surface area contributed by atoms with Gasteiger partial charge in [-0.15, -0.1) is 0 Å². The molecule has 0 radical (unpaired) electrons. The van der Waals surface area contributed by atoms with Crippen molar-refractivity contribution in [3.63, 3.8) is 0 Å². The highest BCUT2D eigenvalue weighted by Gasteiger charge is 2.60. The molecule has 1 heteroatoms. The highest BCUT2D eigenvalue weighted by atomic mass is 14.7. The van der Waals surface area contributed by atoms with Crippen molar-refractivity contribution in [1.29, 1.82) is 5.26 Å². The Labute approximate surface area is 187 Å². The predicted octanol–water partition coefficient (Wildman–Crippen LogP) is 8.56. The summed E-state index contributed by atoms with van der Waals surface area (Å²) in [5, 5.41) is 9.54. The van der Waals surface area contributed by atoms with Gasteiger partial charge in [-0.2, -0.15) is 5.26 Å². The van der Waals surface area contributed by atoms with Crippen molar-refractivity contribution in [3.05, 3.63) is 11.6 Å². The third-order valence-corrected chi connectivity index (χ3v) is 10.9. The van der Waals surface area contributed by atoms with Gasteiger partial charge in [-0.1, -0.05) is 72.3 Å². The van der Waals surface area contributed by atoms with Crippen LogP contribution in [0.15, 0.2) is 11.6 Å². The van der Waals surface area contributed by atoms with Gasteiger partial charge in [-0.3, -0.25) is 0 Å². The number of hydrogen-bond acceptors (Lipinski definition) is 1. The molecule has 4 aliphatic rings. The Bertz CT molecular complexity index is 683. The van der Waals surface area contributed by atoms with Gasteiger partial charge >= 0.3 is 0 Å². The summed E-state index contributed by atoms with van der Waals surface area (Å²) in [6.07, 6.45) is 18.8. The Hall–Kier alpha value is -0.770. The molecule has 0 amide bonds. The van der Waals surface area contributed by atoms with Crippen molar-refractivity contribution in [2.75, 3.05) is 0 Å². The van der Waals surface area contributed by atoms with Crippen LogP contribution >= 0.6 is 0 Å². The number of rotatable bonds is 5. The van der Waals surface area contributed by atoms with E-state index < -0.39 is 0 Å². The zero-order valence-electron chi connectivity index (χ0n) is 20.6. The largest absolute Gasteiger partial charge is 0.193 e. The number of allylic oxidation sites excluding steroid dienone is 2. The fourth-order valence-corrected chi connectivity index (χ4v) is 9.48. The molecular weight excluding hydrogens is 362 g/mol. The van der Waals surface area contributed by atoms with E-state index in [4.69, 9.17) is 0 Å². The SMILES string of the molecule is CC(C)CCCC(C)C1CCC2C3CC(=CC#N)C4CCCCC4(C)C3CCC12C. The minimum absolute atomic E-state index is 0.464. The molecule has 8 atom stereocenters. The Balaban J connectivity index is 1.55. The average molecular weight is 410 g/mol. The quantitative estimate of drug-likeness (QED) is 0.417. The fraction of sp³-hybridized carbons (Fsp3) is 0.897. The molecule has 30 heavy (non-hydrogen) atoms. The van der Waals surface area contributed by atoms with Crippen LogP contribution in [0.1, 0.15) is 112 Å². The number of nitriles is 1. The van der Waals surface area contributed by atoms with E-state index in [-0.39, 0.29) is 0 Å². The van der Waals surface area contributed by atoms with E-state index in [1.165, 1.54) is 77.0 Å². The van der Waals surface area contributed by atoms with E-state index in [9.17, 15) is 5.26 Å². The molecule has 4 aliphatic carbocycles. The molecule has 0 aromatic rings. The van der Waals surface area contributed by atoms with E-state index >= 15 is 0 Å². The Morgan fingerprint density at radius 2 is 1.73 bits per heavy atom. The van der Waals surface area contributed by atoms with E-state index in [2.05, 4.69) is 40.7 Å². The maximum Gasteiger partial charge on any atom is 0.0911 e. The molecule has 0 aliphatic heterocycles. The molecule has 0 heterocycles. The summed E-state index contributed by atoms with van der Waals surface area (Å²) in [6, 6.07) is 2.45. The zero-order chi connectivity index (χ0) is 21.5. The molecule has 0 saturated heterocycles. The van der Waals surface area contributed by atoms with Crippen molar-refractivity contribution in [3.8, 4) is 6.07 Å². The van der Waals surface area contributed by atoms with Gasteiger partial charge in [0.05, 0.1) is 6.07 Å². The standard InChI is InChI=1S/C29H47N/c1-20(2)9-8-10-21(3)24-12-13-26-23-19-22(15-18-30)25-11-6-7-16-28(25,4)27(23)14-17-29(24,26)5/h15,20-21,23-27H,6-14,16-17,19H2,1-5H3. The van der Waals surface area contributed by atoms with Gasteiger partial charge in [0.1, 0.15) is 0 Å². The molecule has 4 saturated carbocycles. The van der Waals surface area contributed by atoms with E-state index in [1.807, 2.05) is 6.08 Å². The zero-order valence-corrected chi connectivity index (χ0v) is 20.6. The van der Waals surface area contributed by atoms with Gasteiger partial charge in [0.25, 0.3) is 0 Å². The van der Waals surface area contributed by atoms with Gasteiger partial charge in [-0.25, -0.2) is 0 Å². The van der Waals surface area contributed by atoms with Gasteiger partial charge in [-0.05, 0) is 97.2 Å². The van der Waals surface area contributed by atoms with Crippen LogP contribution in [0.25, 0.3) is 0 Å². The van der Waals surface area contributed by atoms with Crippen molar-refractivity contribution >= 4 is 0 Å². The molecule has 4 fully saturated rings. The lowest BCUT2D eigenvalue weighted by Crippen LogP contribution is -2.53. The fourth-order valence-electron chi connectivity index (χ4n) is 9.48. The molecule has 0 aromatic carbocycles. The summed E-state index contributed by atoms with van der Waals surface area (Å²) in [7, 11) is 0. The average Bonchev–Trinajstić information content (AvgIpc) is 3.05. The molecule has 1 nitrogen and oxygen atoms in total. The lowest BCUT2D eigenvalue weighted by atomic mass is 9.43. The first-order chi connectivity index (χ1) is 14.3. The number of hydrogen-bond donors (Lipinski definition) is 0. The van der Waals surface area contributed by atoms with Crippen molar-refractivity contribution < 1.29 is 0 Å². The molecule has 8 unspecified atom stereocenters. The molecule has 0 bridgehead atoms. The highest BCUT2D eigenvalue weighted by Crippen LogP contribution is 2.69. The number of fused-ring (bicyclic) bond motifs is 5. The predicted molar refractivity (Wildman–Crippen MR) is 127 cm³/mol. The highest BCUT2D eigenvalue weighted by molar-refractivity contribution is 5.26. The van der Waals surface area contributed by atoms with E-state index in [0.29, 0.717) is 16.7 Å². The molecule has 0 spiro atoms. The van der Waals surface area contributed by atoms with Gasteiger partial charge in [0.2, 0.25) is 0 Å². The second-order valence-electron chi connectivity index (χ2n) is 12.8. The minimum atomic E-state index is 0.464. The maximum absolute atomic E-state index is 9.54. The second-order valence-corrected chi connectivity index (χ2v) is 12.8. The summed E-state index contributed by atoms with van der Waals surface area (Å²) in [4.78, 5) is 0. The third-order valence-electron chi connectivity index (χ3n) is 10.9. The Kier molecular flexibility index (Phi) is 6.46. The summed E-state index contributed by atoms with van der Waals surface area (Å²) < 4.78 is 0. The summed E-state index contributed by atoms with van der Waals surface area (Å²) in [5.41, 5.74) is 2.55. The van der Waals surface area contributed by atoms with E-state index in [0.717, 1.165) is 35.5 Å². The molecule has 4 rings (SSSR count). The van der Waals surface area contributed by atoms with E-state index in [1.54, 1.807) is 5.57 Å². The molecule has 168 valence electrons. The van der Waals surface area contributed by atoms with Crippen LogP contribution in [0.4, 0.5) is 0 Å². The van der Waals surface area contributed by atoms with Crippen molar-refractivity contribution in [1.82, 2.24) is 0 Å². The first-order valence-electron chi connectivity index (χ1n) is 13.4. The normalized spacial score (nSPS) is 45.5. The monoisotopic (exact) mass is 409 g/mol. The summed E-state index contributed by atoms with van der Waals surface area (Å²) >= 11 is 0. The molecule has 0 aromatic heterocycles. The summed E-state index contributed by atoms with van der Waals surface area (Å²) in [6.45, 7) is 12.6. The molecular formula is C29H47N. The van der Waals surface area contributed by atoms with Crippen LogP contribution in [0.3, 0.4) is 0 Å². The summed E-state index contributed by atoms with van der Waals surface area (Å²) in [5.74, 6) is 6.00. The number of nitrogens with zero attached hydrogens (tertiary/aromatic N) is 1. The second kappa shape index (κ2) is 8.64. The van der Waals surface area contributed by atoms with Gasteiger partial charge < -0.3 is 0 Å². The van der Waals surface area contributed by atoms with Gasteiger partial charge in [0, 0.05) is 6.08 Å².